The number of nitrogen functional groups attached to an aromatic ring is 1. The van der Waals surface area contributed by atoms with Crippen LogP contribution in [0.5, 0.6) is 0 Å². The molecule has 1 fully saturated rings. The van der Waals surface area contributed by atoms with Gasteiger partial charge in [0.25, 0.3) is 11.2 Å². The standard InChI is InChI=1S/C23H21N7O6/c24-22-27-20-19(21(33)28-22)26-23(29(20)18-8-16(32)17(9-31)36-18)25-12-1-3-14-10(6-12)5-11-7-13(30(34)35)2-4-15(11)14/h1-4,6-7,16-18,31-32H,5,8-9H2,(H,25,26)(H3,24,27,28,33)/t16-,17+,18+/m0/s1. The van der Waals surface area contributed by atoms with E-state index < -0.39 is 28.9 Å². The summed E-state index contributed by atoms with van der Waals surface area (Å²) >= 11 is 0. The zero-order chi connectivity index (χ0) is 25.1. The van der Waals surface area contributed by atoms with E-state index in [2.05, 4.69) is 20.3 Å². The Kier molecular flexibility index (Phi) is 5.00. The van der Waals surface area contributed by atoms with Gasteiger partial charge in [0, 0.05) is 24.2 Å². The zero-order valence-electron chi connectivity index (χ0n) is 18.7. The number of aliphatic hydroxyl groups excluding tert-OH is 2. The second-order valence-corrected chi connectivity index (χ2v) is 8.82. The number of aromatic nitrogens is 4. The molecule has 2 aliphatic rings. The van der Waals surface area contributed by atoms with Gasteiger partial charge in [0.05, 0.1) is 17.6 Å². The fourth-order valence-electron chi connectivity index (χ4n) is 4.92. The van der Waals surface area contributed by atoms with E-state index in [1.54, 1.807) is 16.7 Å². The van der Waals surface area contributed by atoms with Crippen molar-refractivity contribution in [1.82, 2.24) is 19.5 Å². The Morgan fingerprint density at radius 2 is 1.97 bits per heavy atom. The normalized spacial score (nSPS) is 20.4. The van der Waals surface area contributed by atoms with Crippen molar-refractivity contribution >= 4 is 34.4 Å². The van der Waals surface area contributed by atoms with Crippen molar-refractivity contribution < 1.29 is 19.9 Å². The first-order valence-electron chi connectivity index (χ1n) is 11.2. The van der Waals surface area contributed by atoms with Gasteiger partial charge in [-0.3, -0.25) is 24.5 Å². The van der Waals surface area contributed by atoms with Crippen LogP contribution in [0.2, 0.25) is 0 Å². The van der Waals surface area contributed by atoms with E-state index in [4.69, 9.17) is 10.5 Å². The Labute approximate surface area is 202 Å². The number of nitrogens with two attached hydrogens (primary N) is 1. The lowest BCUT2D eigenvalue weighted by Crippen LogP contribution is -2.24. The van der Waals surface area contributed by atoms with Crippen LogP contribution in [0.15, 0.2) is 41.2 Å². The average molecular weight is 491 g/mol. The zero-order valence-corrected chi connectivity index (χ0v) is 18.7. The summed E-state index contributed by atoms with van der Waals surface area (Å²) in [7, 11) is 0. The summed E-state index contributed by atoms with van der Waals surface area (Å²) in [6, 6.07) is 10.5. The van der Waals surface area contributed by atoms with Gasteiger partial charge in [-0.25, -0.2) is 4.98 Å². The maximum atomic E-state index is 12.5. The predicted molar refractivity (Wildman–Crippen MR) is 129 cm³/mol. The molecule has 4 aromatic rings. The Morgan fingerprint density at radius 3 is 2.69 bits per heavy atom. The molecule has 1 aliphatic carbocycles. The molecule has 3 atom stereocenters. The fraction of sp³-hybridized carbons (Fsp3) is 0.261. The first kappa shape index (κ1) is 22.2. The lowest BCUT2D eigenvalue weighted by molar-refractivity contribution is -0.384. The molecule has 6 N–H and O–H groups in total. The van der Waals surface area contributed by atoms with Gasteiger partial charge < -0.3 is 26.0 Å². The first-order chi connectivity index (χ1) is 17.3. The molecule has 2 aromatic carbocycles. The van der Waals surface area contributed by atoms with E-state index in [9.17, 15) is 25.1 Å². The third-order valence-corrected chi connectivity index (χ3v) is 6.57. The molecule has 1 saturated heterocycles. The molecular formula is C23H21N7O6. The summed E-state index contributed by atoms with van der Waals surface area (Å²) in [5.74, 6) is 0.150. The SMILES string of the molecule is Nc1nc2c(nc(Nc3ccc4c(c3)Cc3cc([N+](=O)[O-])ccc3-4)n2[C@H]2C[C@H](O)[C@@H](CO)O2)c(=O)[nH]1. The maximum Gasteiger partial charge on any atom is 0.280 e. The minimum Gasteiger partial charge on any atom is -0.394 e. The molecule has 184 valence electrons. The average Bonchev–Trinajstić information content (AvgIpc) is 3.50. The first-order valence-corrected chi connectivity index (χ1v) is 11.2. The van der Waals surface area contributed by atoms with Crippen LogP contribution in [0, 0.1) is 10.1 Å². The summed E-state index contributed by atoms with van der Waals surface area (Å²) in [6.45, 7) is -0.368. The van der Waals surface area contributed by atoms with Gasteiger partial charge in [0.2, 0.25) is 11.9 Å². The summed E-state index contributed by atoms with van der Waals surface area (Å²) in [5.41, 5.74) is 9.95. The number of rotatable bonds is 5. The highest BCUT2D eigenvalue weighted by molar-refractivity contribution is 5.81. The van der Waals surface area contributed by atoms with Crippen molar-refractivity contribution in [2.24, 2.45) is 0 Å². The number of ether oxygens (including phenoxy) is 1. The number of aliphatic hydroxyl groups is 2. The van der Waals surface area contributed by atoms with Crippen molar-refractivity contribution in [3.8, 4) is 11.1 Å². The van der Waals surface area contributed by atoms with Crippen LogP contribution in [0.1, 0.15) is 23.8 Å². The van der Waals surface area contributed by atoms with E-state index in [0.29, 0.717) is 12.1 Å². The summed E-state index contributed by atoms with van der Waals surface area (Å²) in [5, 5.41) is 34.2. The van der Waals surface area contributed by atoms with Crippen molar-refractivity contribution in [3.63, 3.8) is 0 Å². The van der Waals surface area contributed by atoms with Crippen LogP contribution >= 0.6 is 0 Å². The molecular weight excluding hydrogens is 470 g/mol. The number of hydrogen-bond acceptors (Lipinski definition) is 10. The molecule has 0 saturated carbocycles. The largest absolute Gasteiger partial charge is 0.394 e. The molecule has 13 nitrogen and oxygen atoms in total. The molecule has 0 bridgehead atoms. The number of nitrogens with one attached hydrogen (secondary N) is 2. The van der Waals surface area contributed by atoms with Gasteiger partial charge in [-0.2, -0.15) is 4.98 Å². The second kappa shape index (κ2) is 8.12. The van der Waals surface area contributed by atoms with Crippen LogP contribution in [0.25, 0.3) is 22.3 Å². The maximum absolute atomic E-state index is 12.5. The number of nitro groups is 1. The summed E-state index contributed by atoms with van der Waals surface area (Å²) in [6.07, 6.45) is -1.77. The number of aromatic amines is 1. The highest BCUT2D eigenvalue weighted by Crippen LogP contribution is 2.40. The number of hydrogen-bond donors (Lipinski definition) is 5. The van der Waals surface area contributed by atoms with Crippen LogP contribution in [-0.2, 0) is 11.2 Å². The number of nitrogens with zero attached hydrogens (tertiary/aromatic N) is 4. The van der Waals surface area contributed by atoms with Crippen LogP contribution in [0.3, 0.4) is 0 Å². The minimum atomic E-state index is -0.910. The van der Waals surface area contributed by atoms with E-state index in [1.807, 2.05) is 18.2 Å². The topological polar surface area (TPSA) is 194 Å². The lowest BCUT2D eigenvalue weighted by atomic mass is 10.1. The Balaban J connectivity index is 1.39. The molecule has 13 heteroatoms. The molecule has 0 radical (unpaired) electrons. The van der Waals surface area contributed by atoms with Crippen LogP contribution in [0.4, 0.5) is 23.3 Å². The Bertz CT molecular complexity index is 1600. The molecule has 0 spiro atoms. The van der Waals surface area contributed by atoms with Crippen LogP contribution in [-0.4, -0.2) is 53.5 Å². The number of non-ortho nitro benzene ring substituents is 1. The minimum absolute atomic E-state index is 0.0399. The fourth-order valence-corrected chi connectivity index (χ4v) is 4.92. The number of nitro benzene ring substituents is 1. The van der Waals surface area contributed by atoms with Gasteiger partial charge in [-0.1, -0.05) is 6.07 Å². The molecule has 2 aromatic heterocycles. The van der Waals surface area contributed by atoms with Crippen molar-refractivity contribution in [3.05, 3.63) is 68.0 Å². The van der Waals surface area contributed by atoms with Gasteiger partial charge in [0.15, 0.2) is 11.2 Å². The Hall–Kier alpha value is -4.33. The summed E-state index contributed by atoms with van der Waals surface area (Å²) < 4.78 is 7.36. The highest BCUT2D eigenvalue weighted by Gasteiger charge is 2.37. The number of anilines is 3. The number of fused-ring (bicyclic) bond motifs is 4. The van der Waals surface area contributed by atoms with Gasteiger partial charge >= 0.3 is 0 Å². The molecule has 3 heterocycles. The van der Waals surface area contributed by atoms with E-state index in [-0.39, 0.29) is 41.8 Å². The number of H-pyrrole nitrogens is 1. The van der Waals surface area contributed by atoms with Gasteiger partial charge in [0.1, 0.15) is 12.3 Å². The number of imidazole rings is 1. The van der Waals surface area contributed by atoms with Crippen LogP contribution < -0.4 is 16.6 Å². The third kappa shape index (κ3) is 3.48. The van der Waals surface area contributed by atoms with E-state index in [0.717, 1.165) is 22.3 Å². The molecule has 0 unspecified atom stereocenters. The smallest absolute Gasteiger partial charge is 0.280 e. The summed E-state index contributed by atoms with van der Waals surface area (Å²) in [4.78, 5) is 34.3. The molecule has 0 amide bonds. The van der Waals surface area contributed by atoms with Gasteiger partial charge in [-0.05, 0) is 46.9 Å². The third-order valence-electron chi connectivity index (χ3n) is 6.57. The lowest BCUT2D eigenvalue weighted by Gasteiger charge is -2.17. The van der Waals surface area contributed by atoms with E-state index in [1.165, 1.54) is 6.07 Å². The molecule has 1 aliphatic heterocycles. The van der Waals surface area contributed by atoms with Crippen molar-refractivity contribution in [2.75, 3.05) is 17.7 Å². The predicted octanol–water partition coefficient (Wildman–Crippen LogP) is 1.57. The molecule has 36 heavy (non-hydrogen) atoms. The quantitative estimate of drug-likeness (QED) is 0.178. The second-order valence-electron chi connectivity index (χ2n) is 8.82. The van der Waals surface area contributed by atoms with Crippen molar-refractivity contribution in [2.45, 2.75) is 31.3 Å². The van der Waals surface area contributed by atoms with Crippen molar-refractivity contribution in [1.29, 1.82) is 0 Å². The monoisotopic (exact) mass is 491 g/mol. The number of benzene rings is 2. The van der Waals surface area contributed by atoms with Gasteiger partial charge in [-0.15, -0.1) is 0 Å². The van der Waals surface area contributed by atoms with E-state index >= 15 is 0 Å². The Morgan fingerprint density at radius 1 is 1.22 bits per heavy atom. The molecule has 6 rings (SSSR count). The highest BCUT2D eigenvalue weighted by atomic mass is 16.6.